The molecule has 0 radical (unpaired) electrons. The van der Waals surface area contributed by atoms with Gasteiger partial charge in [-0.05, 0) is 48.0 Å². The third-order valence-electron chi connectivity index (χ3n) is 2.33. The summed E-state index contributed by atoms with van der Waals surface area (Å²) in [5, 5.41) is 17.8. The minimum Gasteiger partial charge on any atom is -0.508 e. The van der Waals surface area contributed by atoms with Gasteiger partial charge in [0.1, 0.15) is 23.9 Å². The normalized spacial score (nSPS) is 9.78. The van der Waals surface area contributed by atoms with E-state index in [4.69, 9.17) is 15.1 Å². The molecule has 0 saturated heterocycles. The Bertz CT molecular complexity index is 588. The number of phenols is 1. The Morgan fingerprint density at radius 1 is 1.17 bits per heavy atom. The van der Waals surface area contributed by atoms with Crippen LogP contribution >= 0.6 is 0 Å². The number of halogens is 1. The number of phenolic OH excluding ortho intramolecular Hbond substituents is 1. The summed E-state index contributed by atoms with van der Waals surface area (Å²) in [4.78, 5) is 0. The second kappa shape index (κ2) is 5.19. The summed E-state index contributed by atoms with van der Waals surface area (Å²) in [6.45, 7) is 0.164. The first-order chi connectivity index (χ1) is 8.67. The Balaban J connectivity index is 2.08. The molecule has 0 amide bonds. The molecule has 0 aliphatic rings. The van der Waals surface area contributed by atoms with Crippen molar-refractivity contribution in [2.75, 3.05) is 0 Å². The highest BCUT2D eigenvalue weighted by Crippen LogP contribution is 2.18. The van der Waals surface area contributed by atoms with Gasteiger partial charge >= 0.3 is 0 Å². The predicted molar refractivity (Wildman–Crippen MR) is 63.6 cm³/mol. The summed E-state index contributed by atoms with van der Waals surface area (Å²) in [6.07, 6.45) is 0. The van der Waals surface area contributed by atoms with E-state index in [1.165, 1.54) is 24.3 Å². The SMILES string of the molecule is N#Cc1cc(F)cc(COc2ccc(O)cc2)c1. The van der Waals surface area contributed by atoms with Gasteiger partial charge in [-0.1, -0.05) is 0 Å². The first-order valence-electron chi connectivity index (χ1n) is 5.29. The summed E-state index contributed by atoms with van der Waals surface area (Å²) in [5.41, 5.74) is 0.846. The Kier molecular flexibility index (Phi) is 3.44. The van der Waals surface area contributed by atoms with Gasteiger partial charge in [0.05, 0.1) is 11.6 Å². The number of nitriles is 1. The number of benzene rings is 2. The van der Waals surface area contributed by atoms with E-state index in [2.05, 4.69) is 0 Å². The molecule has 0 aliphatic heterocycles. The van der Waals surface area contributed by atoms with E-state index in [9.17, 15) is 4.39 Å². The van der Waals surface area contributed by atoms with Crippen molar-refractivity contribution in [3.8, 4) is 17.6 Å². The Hall–Kier alpha value is -2.54. The van der Waals surface area contributed by atoms with Crippen LogP contribution in [0, 0.1) is 17.1 Å². The van der Waals surface area contributed by atoms with E-state index >= 15 is 0 Å². The number of ether oxygens (including phenoxy) is 1. The highest BCUT2D eigenvalue weighted by molar-refractivity contribution is 5.34. The fraction of sp³-hybridized carbons (Fsp3) is 0.0714. The maximum absolute atomic E-state index is 13.2. The standard InChI is InChI=1S/C14H10FNO2/c15-12-6-10(8-16)5-11(7-12)9-18-14-3-1-13(17)2-4-14/h1-7,17H,9H2. The van der Waals surface area contributed by atoms with Crippen LogP contribution in [-0.4, -0.2) is 5.11 Å². The Labute approximate surface area is 104 Å². The zero-order valence-electron chi connectivity index (χ0n) is 9.43. The zero-order chi connectivity index (χ0) is 13.0. The van der Waals surface area contributed by atoms with Crippen LogP contribution in [0.3, 0.4) is 0 Å². The smallest absolute Gasteiger partial charge is 0.124 e. The molecular weight excluding hydrogens is 233 g/mol. The van der Waals surface area contributed by atoms with Crippen LogP contribution in [0.1, 0.15) is 11.1 Å². The van der Waals surface area contributed by atoms with Crippen molar-refractivity contribution in [1.29, 1.82) is 5.26 Å². The number of hydrogen-bond donors (Lipinski definition) is 1. The minimum atomic E-state index is -0.460. The lowest BCUT2D eigenvalue weighted by Crippen LogP contribution is -1.96. The first kappa shape index (κ1) is 11.9. The zero-order valence-corrected chi connectivity index (χ0v) is 9.43. The minimum absolute atomic E-state index is 0.153. The second-order valence-electron chi connectivity index (χ2n) is 3.74. The van der Waals surface area contributed by atoms with Crippen LogP contribution in [0.2, 0.25) is 0 Å². The van der Waals surface area contributed by atoms with Crippen LogP contribution in [0.5, 0.6) is 11.5 Å². The molecule has 4 heteroatoms. The average Bonchev–Trinajstić information content (AvgIpc) is 2.37. The maximum atomic E-state index is 13.2. The van der Waals surface area contributed by atoms with E-state index in [0.29, 0.717) is 11.3 Å². The topological polar surface area (TPSA) is 53.2 Å². The van der Waals surface area contributed by atoms with Gasteiger partial charge in [-0.3, -0.25) is 0 Å². The van der Waals surface area contributed by atoms with Gasteiger partial charge < -0.3 is 9.84 Å². The molecular formula is C14H10FNO2. The van der Waals surface area contributed by atoms with Crippen molar-refractivity contribution >= 4 is 0 Å². The van der Waals surface area contributed by atoms with Crippen LogP contribution in [0.4, 0.5) is 4.39 Å². The monoisotopic (exact) mass is 243 g/mol. The van der Waals surface area contributed by atoms with Crippen molar-refractivity contribution in [3.05, 3.63) is 59.4 Å². The number of rotatable bonds is 3. The molecule has 0 unspecified atom stereocenters. The van der Waals surface area contributed by atoms with Crippen molar-refractivity contribution < 1.29 is 14.2 Å². The highest BCUT2D eigenvalue weighted by atomic mass is 19.1. The fourth-order valence-corrected chi connectivity index (χ4v) is 1.51. The molecule has 0 saturated carbocycles. The van der Waals surface area contributed by atoms with E-state index in [0.717, 1.165) is 0 Å². The summed E-state index contributed by atoms with van der Waals surface area (Å²) in [6, 6.07) is 12.2. The lowest BCUT2D eigenvalue weighted by atomic mass is 10.1. The van der Waals surface area contributed by atoms with Gasteiger partial charge in [0.2, 0.25) is 0 Å². The fourth-order valence-electron chi connectivity index (χ4n) is 1.51. The summed E-state index contributed by atoms with van der Waals surface area (Å²) < 4.78 is 18.6. The van der Waals surface area contributed by atoms with Gasteiger partial charge in [-0.25, -0.2) is 4.39 Å². The molecule has 2 rings (SSSR count). The van der Waals surface area contributed by atoms with Crippen LogP contribution in [0.15, 0.2) is 42.5 Å². The van der Waals surface area contributed by atoms with Gasteiger partial charge in [0.15, 0.2) is 0 Å². The molecule has 90 valence electrons. The molecule has 0 fully saturated rings. The average molecular weight is 243 g/mol. The van der Waals surface area contributed by atoms with E-state index in [1.54, 1.807) is 18.2 Å². The van der Waals surface area contributed by atoms with Gasteiger partial charge in [0, 0.05) is 0 Å². The van der Waals surface area contributed by atoms with Crippen molar-refractivity contribution in [2.24, 2.45) is 0 Å². The van der Waals surface area contributed by atoms with Crippen LogP contribution in [0.25, 0.3) is 0 Å². The lowest BCUT2D eigenvalue weighted by Gasteiger charge is -2.06. The quantitative estimate of drug-likeness (QED) is 0.901. The summed E-state index contributed by atoms with van der Waals surface area (Å²) in [5.74, 6) is 0.258. The number of aromatic hydroxyl groups is 1. The third kappa shape index (κ3) is 2.98. The molecule has 2 aromatic carbocycles. The van der Waals surface area contributed by atoms with Crippen molar-refractivity contribution in [2.45, 2.75) is 6.61 Å². The second-order valence-corrected chi connectivity index (χ2v) is 3.74. The largest absolute Gasteiger partial charge is 0.508 e. The first-order valence-corrected chi connectivity index (χ1v) is 5.29. The molecule has 1 N–H and O–H groups in total. The molecule has 3 nitrogen and oxygen atoms in total. The third-order valence-corrected chi connectivity index (χ3v) is 2.33. The van der Waals surface area contributed by atoms with Gasteiger partial charge in [-0.2, -0.15) is 5.26 Å². The van der Waals surface area contributed by atoms with E-state index in [-0.39, 0.29) is 17.9 Å². The van der Waals surface area contributed by atoms with E-state index < -0.39 is 5.82 Å². The molecule has 0 bridgehead atoms. The van der Waals surface area contributed by atoms with Crippen molar-refractivity contribution in [3.63, 3.8) is 0 Å². The maximum Gasteiger partial charge on any atom is 0.124 e. The molecule has 0 aromatic heterocycles. The Morgan fingerprint density at radius 3 is 2.56 bits per heavy atom. The molecule has 0 atom stereocenters. The molecule has 0 heterocycles. The Morgan fingerprint density at radius 2 is 1.89 bits per heavy atom. The van der Waals surface area contributed by atoms with Gasteiger partial charge in [-0.15, -0.1) is 0 Å². The van der Waals surface area contributed by atoms with Gasteiger partial charge in [0.25, 0.3) is 0 Å². The van der Waals surface area contributed by atoms with Crippen LogP contribution < -0.4 is 4.74 Å². The summed E-state index contributed by atoms with van der Waals surface area (Å²) in [7, 11) is 0. The number of hydrogen-bond acceptors (Lipinski definition) is 3. The predicted octanol–water partition coefficient (Wildman–Crippen LogP) is 2.98. The van der Waals surface area contributed by atoms with Crippen LogP contribution in [-0.2, 0) is 6.61 Å². The molecule has 0 spiro atoms. The summed E-state index contributed by atoms with van der Waals surface area (Å²) >= 11 is 0. The molecule has 0 aliphatic carbocycles. The highest BCUT2D eigenvalue weighted by Gasteiger charge is 2.02. The number of nitrogens with zero attached hydrogens (tertiary/aromatic N) is 1. The van der Waals surface area contributed by atoms with Crippen molar-refractivity contribution in [1.82, 2.24) is 0 Å². The molecule has 18 heavy (non-hydrogen) atoms. The van der Waals surface area contributed by atoms with E-state index in [1.807, 2.05) is 6.07 Å². The molecule has 2 aromatic rings. The lowest BCUT2D eigenvalue weighted by molar-refractivity contribution is 0.305.